The van der Waals surface area contributed by atoms with Crippen LogP contribution in [0.1, 0.15) is 87.0 Å². The van der Waals surface area contributed by atoms with Crippen molar-refractivity contribution in [1.29, 1.82) is 0 Å². The van der Waals surface area contributed by atoms with Gasteiger partial charge in [0, 0.05) is 12.5 Å². The van der Waals surface area contributed by atoms with Gasteiger partial charge >= 0.3 is 0 Å². The van der Waals surface area contributed by atoms with Crippen LogP contribution in [-0.2, 0) is 30.4 Å². The standard InChI is InChI=1S/C39H59ClN8O9/c1-7-22(2)32(38(55)42-27(14-10-11-17-48(4,5)6)35(52)44-30(21-49)34(41)51)45-39(56)33(25-12-8-9-13-25)46-36(53)28(20-24-15-16-31(50)26(40)19-24)43-37(54)29-18-23(3)57-47-29/h15-16,18-19,22,25,27-28,30,32-33,49H,7-14,17,20-21H2,1-6H3,(H7-,41,42,43,44,45,46,50,51,52,53,54,55,56)/p+1/t22-,27-,28-,30-,32-,33-/m0/s1. The van der Waals surface area contributed by atoms with Crippen LogP contribution >= 0.6 is 11.6 Å². The number of aromatic nitrogens is 1. The predicted molar refractivity (Wildman–Crippen MR) is 211 cm³/mol. The lowest BCUT2D eigenvalue weighted by Crippen LogP contribution is -2.61. The van der Waals surface area contributed by atoms with Crippen LogP contribution in [0.25, 0.3) is 0 Å². The SMILES string of the molecule is CC[C@H](C)[C@H](NC(=O)[C@@H](NC(=O)[C@H](Cc1ccc(O)c(Cl)c1)NC(=O)c1cc(C)on1)C1CCCC1)C(=O)N[C@@H](CCCC[N+](C)(C)C)C(=O)N[C@@H](CO)C(N)=O. The van der Waals surface area contributed by atoms with E-state index in [9.17, 15) is 39.0 Å². The second-order valence-electron chi connectivity index (χ2n) is 16.0. The van der Waals surface area contributed by atoms with Crippen LogP contribution in [0.3, 0.4) is 0 Å². The number of unbranched alkanes of at least 4 members (excludes halogenated alkanes) is 1. The third-order valence-electron chi connectivity index (χ3n) is 10.2. The molecular weight excluding hydrogens is 760 g/mol. The molecule has 57 heavy (non-hydrogen) atoms. The normalized spacial score (nSPS) is 16.4. The van der Waals surface area contributed by atoms with Gasteiger partial charge in [-0.15, -0.1) is 0 Å². The number of nitrogens with one attached hydrogen (secondary N) is 5. The highest BCUT2D eigenvalue weighted by atomic mass is 35.5. The van der Waals surface area contributed by atoms with Crippen molar-refractivity contribution in [3.8, 4) is 5.75 Å². The van der Waals surface area contributed by atoms with Crippen molar-refractivity contribution in [3.05, 3.63) is 46.3 Å². The molecule has 9 N–H and O–H groups in total. The predicted octanol–water partition coefficient (Wildman–Crippen LogP) is 1.21. The number of amides is 6. The zero-order valence-corrected chi connectivity index (χ0v) is 34.5. The van der Waals surface area contributed by atoms with Crippen LogP contribution in [-0.4, -0.2) is 120 Å². The Morgan fingerprint density at radius 2 is 1.56 bits per heavy atom. The fourth-order valence-corrected chi connectivity index (χ4v) is 6.86. The highest BCUT2D eigenvalue weighted by molar-refractivity contribution is 6.32. The Morgan fingerprint density at radius 1 is 0.912 bits per heavy atom. The van der Waals surface area contributed by atoms with Gasteiger partial charge in [0.1, 0.15) is 41.7 Å². The van der Waals surface area contributed by atoms with E-state index in [4.69, 9.17) is 21.9 Å². The number of hydrogen-bond donors (Lipinski definition) is 8. The zero-order valence-electron chi connectivity index (χ0n) is 33.7. The van der Waals surface area contributed by atoms with Crippen molar-refractivity contribution >= 4 is 47.0 Å². The minimum atomic E-state index is -1.36. The van der Waals surface area contributed by atoms with Gasteiger partial charge in [-0.1, -0.05) is 55.9 Å². The Morgan fingerprint density at radius 3 is 2.12 bits per heavy atom. The first kappa shape index (κ1) is 46.6. The minimum absolute atomic E-state index is 0.0487. The van der Waals surface area contributed by atoms with Gasteiger partial charge in [0.2, 0.25) is 29.5 Å². The molecule has 6 amide bonds. The molecule has 6 atom stereocenters. The van der Waals surface area contributed by atoms with Gasteiger partial charge in [0.05, 0.1) is 39.3 Å². The number of aromatic hydroxyl groups is 1. The van der Waals surface area contributed by atoms with Crippen molar-refractivity contribution in [3.63, 3.8) is 0 Å². The first-order valence-corrected chi connectivity index (χ1v) is 19.8. The zero-order chi connectivity index (χ0) is 42.4. The molecule has 1 heterocycles. The van der Waals surface area contributed by atoms with Crippen LogP contribution in [0, 0.1) is 18.8 Å². The van der Waals surface area contributed by atoms with Crippen molar-refractivity contribution in [2.45, 2.75) is 109 Å². The first-order chi connectivity index (χ1) is 26.8. The molecule has 1 fully saturated rings. The Bertz CT molecular complexity index is 1710. The van der Waals surface area contributed by atoms with Crippen LogP contribution in [0.15, 0.2) is 28.8 Å². The van der Waals surface area contributed by atoms with E-state index < -0.39 is 78.2 Å². The Hall–Kier alpha value is -4.74. The van der Waals surface area contributed by atoms with Crippen molar-refractivity contribution in [2.75, 3.05) is 34.3 Å². The fourth-order valence-electron chi connectivity index (χ4n) is 6.66. The Balaban J connectivity index is 1.87. The van der Waals surface area contributed by atoms with Crippen LogP contribution in [0.5, 0.6) is 5.75 Å². The smallest absolute Gasteiger partial charge is 0.274 e. The second-order valence-corrected chi connectivity index (χ2v) is 16.4. The molecule has 3 rings (SSSR count). The molecule has 18 heteroatoms. The summed E-state index contributed by atoms with van der Waals surface area (Å²) in [4.78, 5) is 80.8. The lowest BCUT2D eigenvalue weighted by Gasteiger charge is -2.31. The van der Waals surface area contributed by atoms with Crippen molar-refractivity contribution in [1.82, 2.24) is 31.7 Å². The maximum absolute atomic E-state index is 14.3. The van der Waals surface area contributed by atoms with Crippen molar-refractivity contribution in [2.24, 2.45) is 17.6 Å². The molecule has 0 spiro atoms. The largest absolute Gasteiger partial charge is 0.506 e. The van der Waals surface area contributed by atoms with Gasteiger partial charge in [-0.05, 0) is 68.6 Å². The molecule has 1 saturated carbocycles. The number of aryl methyl sites for hydroxylation is 1. The summed E-state index contributed by atoms with van der Waals surface area (Å²) >= 11 is 6.15. The van der Waals surface area contributed by atoms with Crippen LogP contribution in [0.2, 0.25) is 5.02 Å². The van der Waals surface area contributed by atoms with Gasteiger partial charge in [0.25, 0.3) is 5.91 Å². The number of nitrogens with two attached hydrogens (primary N) is 1. The average molecular weight is 820 g/mol. The molecule has 0 bridgehead atoms. The van der Waals surface area contributed by atoms with Gasteiger partial charge in [-0.3, -0.25) is 28.8 Å². The van der Waals surface area contributed by atoms with Crippen LogP contribution in [0.4, 0.5) is 0 Å². The lowest BCUT2D eigenvalue weighted by atomic mass is 9.93. The first-order valence-electron chi connectivity index (χ1n) is 19.5. The number of quaternary nitrogens is 1. The summed E-state index contributed by atoms with van der Waals surface area (Å²) in [6, 6.07) is -0.103. The summed E-state index contributed by atoms with van der Waals surface area (Å²) in [7, 11) is 6.10. The van der Waals surface area contributed by atoms with E-state index in [2.05, 4.69) is 31.7 Å². The molecule has 0 aliphatic heterocycles. The van der Waals surface area contributed by atoms with E-state index in [0.29, 0.717) is 41.5 Å². The van der Waals surface area contributed by atoms with Gasteiger partial charge in [-0.25, -0.2) is 0 Å². The molecule has 0 saturated heterocycles. The van der Waals surface area contributed by atoms with E-state index in [1.165, 1.54) is 18.2 Å². The summed E-state index contributed by atoms with van der Waals surface area (Å²) in [6.45, 7) is 5.31. The third kappa shape index (κ3) is 14.6. The summed E-state index contributed by atoms with van der Waals surface area (Å²) in [5.41, 5.74) is 5.80. The number of primary amides is 1. The third-order valence-corrected chi connectivity index (χ3v) is 10.5. The number of phenolic OH excluding ortho intramolecular Hbond substituents is 1. The molecule has 1 aliphatic rings. The number of benzene rings is 1. The maximum atomic E-state index is 14.3. The summed E-state index contributed by atoms with van der Waals surface area (Å²) in [6.07, 6.45) is 4.80. The molecule has 1 aromatic heterocycles. The van der Waals surface area contributed by atoms with E-state index in [0.717, 1.165) is 25.8 Å². The number of phenols is 1. The molecule has 2 aromatic rings. The number of hydrogen-bond acceptors (Lipinski definition) is 10. The summed E-state index contributed by atoms with van der Waals surface area (Å²) in [5.74, 6) is -4.73. The molecule has 0 unspecified atom stereocenters. The highest BCUT2D eigenvalue weighted by Crippen LogP contribution is 2.29. The molecule has 0 radical (unpaired) electrons. The van der Waals surface area contributed by atoms with E-state index in [1.54, 1.807) is 19.9 Å². The number of carbonyl (C=O) groups excluding carboxylic acids is 6. The maximum Gasteiger partial charge on any atom is 0.274 e. The Labute approximate surface area is 338 Å². The summed E-state index contributed by atoms with van der Waals surface area (Å²) < 4.78 is 5.73. The molecule has 316 valence electrons. The van der Waals surface area contributed by atoms with Gasteiger partial charge < -0.3 is 51.5 Å². The minimum Gasteiger partial charge on any atom is -0.506 e. The fraction of sp³-hybridized carbons (Fsp3) is 0.615. The Kier molecular flexibility index (Phi) is 17.8. The number of aliphatic hydroxyl groups excluding tert-OH is 1. The molecule has 1 aliphatic carbocycles. The number of rotatable bonds is 22. The number of halogens is 1. The number of nitrogens with zero attached hydrogens (tertiary/aromatic N) is 2. The number of carbonyl (C=O) groups is 6. The average Bonchev–Trinajstić information content (AvgIpc) is 3.85. The van der Waals surface area contributed by atoms with E-state index >= 15 is 0 Å². The topological polar surface area (TPSA) is 255 Å². The van der Waals surface area contributed by atoms with Gasteiger partial charge in [0.15, 0.2) is 5.69 Å². The van der Waals surface area contributed by atoms with Crippen molar-refractivity contribution < 1.29 is 48.0 Å². The van der Waals surface area contributed by atoms with Crippen LogP contribution < -0.4 is 32.3 Å². The molecule has 1 aromatic carbocycles. The number of aliphatic hydroxyl groups is 1. The second kappa shape index (κ2) is 21.7. The molecule has 17 nitrogen and oxygen atoms in total. The van der Waals surface area contributed by atoms with E-state index in [-0.39, 0.29) is 35.2 Å². The van der Waals surface area contributed by atoms with E-state index in [1.807, 2.05) is 28.1 Å². The monoisotopic (exact) mass is 819 g/mol. The summed E-state index contributed by atoms with van der Waals surface area (Å²) in [5, 5.41) is 36.9. The van der Waals surface area contributed by atoms with Gasteiger partial charge in [-0.2, -0.15) is 0 Å². The lowest BCUT2D eigenvalue weighted by molar-refractivity contribution is -0.870. The quantitative estimate of drug-likeness (QED) is 0.0623. The highest BCUT2D eigenvalue weighted by Gasteiger charge is 2.38. The molecular formula is C39H60ClN8O9+.